The molecular formula is C15H20N4O3S2. The molecule has 9 heteroatoms. The minimum Gasteiger partial charge on any atom is -0.301 e. The Kier molecular flexibility index (Phi) is 5.89. The van der Waals surface area contributed by atoms with E-state index in [9.17, 15) is 13.2 Å². The lowest BCUT2D eigenvalue weighted by atomic mass is 10.2. The molecule has 1 aromatic carbocycles. The number of aromatic nitrogens is 2. The molecule has 0 atom stereocenters. The van der Waals surface area contributed by atoms with Crippen molar-refractivity contribution in [2.75, 3.05) is 16.2 Å². The Morgan fingerprint density at radius 1 is 1.21 bits per heavy atom. The van der Waals surface area contributed by atoms with Gasteiger partial charge in [-0.1, -0.05) is 36.0 Å². The second-order valence-electron chi connectivity index (χ2n) is 5.18. The number of nitrogens with one attached hydrogen (secondary N) is 1. The number of rotatable bonds is 7. The number of amides is 1. The number of benzene rings is 1. The van der Waals surface area contributed by atoms with Gasteiger partial charge < -0.3 is 5.32 Å². The van der Waals surface area contributed by atoms with Crippen LogP contribution in [0.25, 0.3) is 0 Å². The average Bonchev–Trinajstić information content (AvgIpc) is 2.99. The zero-order chi connectivity index (χ0) is 17.7. The van der Waals surface area contributed by atoms with Crippen LogP contribution in [0.3, 0.4) is 0 Å². The normalized spacial score (nSPS) is 11.3. The maximum Gasteiger partial charge on any atom is 0.293 e. The van der Waals surface area contributed by atoms with Gasteiger partial charge in [-0.15, -0.1) is 10.2 Å². The topological polar surface area (TPSA) is 92.3 Å². The molecule has 24 heavy (non-hydrogen) atoms. The second-order valence-corrected chi connectivity index (χ2v) is 8.19. The van der Waals surface area contributed by atoms with Gasteiger partial charge in [0, 0.05) is 13.0 Å². The van der Waals surface area contributed by atoms with Crippen molar-refractivity contribution in [2.24, 2.45) is 0 Å². The molecule has 7 nitrogen and oxygen atoms in total. The Hall–Kier alpha value is -2.00. The van der Waals surface area contributed by atoms with Crippen molar-refractivity contribution >= 4 is 38.1 Å². The summed E-state index contributed by atoms with van der Waals surface area (Å²) in [5, 5.41) is 10.2. The van der Waals surface area contributed by atoms with Gasteiger partial charge in [-0.3, -0.25) is 9.10 Å². The van der Waals surface area contributed by atoms with Crippen molar-refractivity contribution in [2.45, 2.75) is 38.0 Å². The molecule has 0 saturated carbocycles. The summed E-state index contributed by atoms with van der Waals surface area (Å²) in [5.41, 5.74) is 1.61. The van der Waals surface area contributed by atoms with Crippen LogP contribution in [0.5, 0.6) is 0 Å². The number of hydrogen-bond donors (Lipinski definition) is 1. The first-order valence-electron chi connectivity index (χ1n) is 7.61. The Morgan fingerprint density at radius 3 is 2.46 bits per heavy atom. The quantitative estimate of drug-likeness (QED) is 0.759. The van der Waals surface area contributed by atoms with Gasteiger partial charge in [0.05, 0.1) is 5.69 Å². The van der Waals surface area contributed by atoms with Crippen molar-refractivity contribution in [3.05, 3.63) is 29.8 Å². The molecular weight excluding hydrogens is 348 g/mol. The molecule has 0 aliphatic heterocycles. The summed E-state index contributed by atoms with van der Waals surface area (Å²) in [6.07, 6.45) is 1.05. The van der Waals surface area contributed by atoms with Crippen LogP contribution < -0.4 is 9.62 Å². The Bertz CT molecular complexity index is 800. The van der Waals surface area contributed by atoms with Crippen molar-refractivity contribution < 1.29 is 13.2 Å². The molecule has 0 spiro atoms. The number of hydrogen-bond acceptors (Lipinski definition) is 6. The third kappa shape index (κ3) is 4.09. The van der Waals surface area contributed by atoms with E-state index in [1.54, 1.807) is 19.1 Å². The third-order valence-corrected chi connectivity index (χ3v) is 6.34. The highest BCUT2D eigenvalue weighted by atomic mass is 32.2. The second kappa shape index (κ2) is 7.71. The number of carbonyl (C=O) groups excluding carboxylic acids is 1. The highest BCUT2D eigenvalue weighted by molar-refractivity contribution is 7.94. The smallest absolute Gasteiger partial charge is 0.293 e. The van der Waals surface area contributed by atoms with Crippen molar-refractivity contribution in [1.82, 2.24) is 10.2 Å². The van der Waals surface area contributed by atoms with E-state index in [2.05, 4.69) is 15.5 Å². The van der Waals surface area contributed by atoms with Gasteiger partial charge in [-0.2, -0.15) is 8.42 Å². The van der Waals surface area contributed by atoms with Gasteiger partial charge >= 0.3 is 0 Å². The lowest BCUT2D eigenvalue weighted by molar-refractivity contribution is -0.116. The molecule has 0 saturated heterocycles. The fourth-order valence-corrected chi connectivity index (χ4v) is 4.56. The van der Waals surface area contributed by atoms with Crippen molar-refractivity contribution in [3.8, 4) is 0 Å². The molecule has 2 rings (SSSR count). The van der Waals surface area contributed by atoms with Gasteiger partial charge in [0.15, 0.2) is 0 Å². The highest BCUT2D eigenvalue weighted by Gasteiger charge is 2.28. The number of anilines is 2. The highest BCUT2D eigenvalue weighted by Crippen LogP contribution is 2.27. The van der Waals surface area contributed by atoms with Crippen LogP contribution in [-0.2, 0) is 14.8 Å². The van der Waals surface area contributed by atoms with E-state index < -0.39 is 10.0 Å². The molecule has 0 bridgehead atoms. The van der Waals surface area contributed by atoms with Crippen LogP contribution in [0.1, 0.15) is 32.3 Å². The van der Waals surface area contributed by atoms with E-state index >= 15 is 0 Å². The average molecular weight is 368 g/mol. The fourth-order valence-electron chi connectivity index (χ4n) is 2.07. The zero-order valence-corrected chi connectivity index (χ0v) is 15.4. The summed E-state index contributed by atoms with van der Waals surface area (Å²) in [5.74, 6) is -0.205. The molecule has 1 amide bonds. The van der Waals surface area contributed by atoms with E-state index in [0.29, 0.717) is 18.5 Å². The van der Waals surface area contributed by atoms with Crippen molar-refractivity contribution in [1.29, 1.82) is 0 Å². The molecule has 0 fully saturated rings. The van der Waals surface area contributed by atoms with Crippen LogP contribution in [0.2, 0.25) is 0 Å². The van der Waals surface area contributed by atoms with E-state index in [1.807, 2.05) is 26.0 Å². The van der Waals surface area contributed by atoms with Crippen molar-refractivity contribution in [3.63, 3.8) is 0 Å². The van der Waals surface area contributed by atoms with Gasteiger partial charge in [-0.05, 0) is 32.4 Å². The molecule has 130 valence electrons. The Morgan fingerprint density at radius 2 is 1.88 bits per heavy atom. The Balaban J connectivity index is 2.26. The summed E-state index contributed by atoms with van der Waals surface area (Å²) in [6, 6.07) is 7.21. The first-order valence-corrected chi connectivity index (χ1v) is 9.87. The first kappa shape index (κ1) is 18.3. The molecule has 2 aromatic rings. The van der Waals surface area contributed by atoms with Crippen LogP contribution in [0.15, 0.2) is 28.6 Å². The lowest BCUT2D eigenvalue weighted by Gasteiger charge is -2.21. The number of sulfonamides is 1. The largest absolute Gasteiger partial charge is 0.301 e. The van der Waals surface area contributed by atoms with Crippen LogP contribution in [-0.4, -0.2) is 31.1 Å². The molecule has 1 N–H and O–H groups in total. The fraction of sp³-hybridized carbons (Fsp3) is 0.400. The summed E-state index contributed by atoms with van der Waals surface area (Å²) < 4.78 is 26.7. The number of nitrogens with zero attached hydrogens (tertiary/aromatic N) is 3. The van der Waals surface area contributed by atoms with Crippen LogP contribution in [0, 0.1) is 6.92 Å². The molecule has 0 aliphatic rings. The molecule has 1 heterocycles. The third-order valence-electron chi connectivity index (χ3n) is 3.25. The van der Waals surface area contributed by atoms with Gasteiger partial charge in [0.25, 0.3) is 14.4 Å². The maximum absolute atomic E-state index is 12.8. The minimum atomic E-state index is -3.82. The van der Waals surface area contributed by atoms with Crippen LogP contribution >= 0.6 is 11.3 Å². The predicted octanol–water partition coefficient (Wildman–Crippen LogP) is 2.80. The summed E-state index contributed by atoms with van der Waals surface area (Å²) >= 11 is 0.852. The van der Waals surface area contributed by atoms with Gasteiger partial charge in [-0.25, -0.2) is 0 Å². The summed E-state index contributed by atoms with van der Waals surface area (Å²) in [6.45, 7) is 5.84. The zero-order valence-electron chi connectivity index (χ0n) is 13.8. The minimum absolute atomic E-state index is 0.142. The first-order chi connectivity index (χ1) is 11.4. The lowest BCUT2D eigenvalue weighted by Crippen LogP contribution is -2.30. The predicted molar refractivity (Wildman–Crippen MR) is 94.8 cm³/mol. The van der Waals surface area contributed by atoms with Gasteiger partial charge in [0.2, 0.25) is 11.0 Å². The number of carbonyl (C=O) groups is 1. The van der Waals surface area contributed by atoms with Crippen LogP contribution in [0.4, 0.5) is 10.8 Å². The van der Waals surface area contributed by atoms with E-state index in [0.717, 1.165) is 16.9 Å². The van der Waals surface area contributed by atoms with Gasteiger partial charge in [0.1, 0.15) is 0 Å². The van der Waals surface area contributed by atoms with E-state index in [1.165, 1.54) is 4.31 Å². The molecule has 0 aliphatic carbocycles. The molecule has 1 aromatic heterocycles. The summed E-state index contributed by atoms with van der Waals surface area (Å²) in [4.78, 5) is 11.6. The monoisotopic (exact) mass is 368 g/mol. The van der Waals surface area contributed by atoms with E-state index in [4.69, 9.17) is 0 Å². The Labute approximate surface area is 145 Å². The number of aryl methyl sites for hydroxylation is 1. The SMILES string of the molecule is CCCC(=O)Nc1nnc(S(=O)(=O)N(CC)c2ccc(C)cc2)s1. The summed E-state index contributed by atoms with van der Waals surface area (Å²) in [7, 11) is -3.82. The standard InChI is InChI=1S/C15H20N4O3S2/c1-4-6-13(20)16-14-17-18-15(23-14)24(21,22)19(5-2)12-9-7-11(3)8-10-12/h7-10H,4-6H2,1-3H3,(H,16,17,20). The molecule has 0 unspecified atom stereocenters. The molecule has 0 radical (unpaired) electrons. The maximum atomic E-state index is 12.8. The van der Waals surface area contributed by atoms with E-state index in [-0.39, 0.29) is 21.9 Å².